The number of thiophene rings is 1. The number of hydrogen-bond donors (Lipinski definition) is 1. The summed E-state index contributed by atoms with van der Waals surface area (Å²) in [7, 11) is 1.65. The van der Waals surface area contributed by atoms with Gasteiger partial charge in [-0.2, -0.15) is 0 Å². The van der Waals surface area contributed by atoms with Crippen molar-refractivity contribution in [3.05, 3.63) is 75.4 Å². The van der Waals surface area contributed by atoms with Gasteiger partial charge in [0.15, 0.2) is 10.9 Å². The van der Waals surface area contributed by atoms with Crippen LogP contribution in [0.2, 0.25) is 0 Å². The molecule has 0 spiro atoms. The van der Waals surface area contributed by atoms with Gasteiger partial charge in [-0.3, -0.25) is 14.2 Å². The monoisotopic (exact) mass is 521 g/mol. The molecule has 7 nitrogen and oxygen atoms in total. The first-order valence-electron chi connectivity index (χ1n) is 11.9. The minimum absolute atomic E-state index is 0.0139. The minimum atomic E-state index is -0.199. The topological polar surface area (TPSA) is 82.4 Å². The number of thioether (sulfide) groups is 1. The lowest BCUT2D eigenvalue weighted by Gasteiger charge is -2.14. The van der Waals surface area contributed by atoms with Gasteiger partial charge >= 0.3 is 0 Å². The molecule has 36 heavy (non-hydrogen) atoms. The summed E-state index contributed by atoms with van der Waals surface area (Å²) in [5.41, 5.74) is 1.74. The van der Waals surface area contributed by atoms with E-state index in [0.717, 1.165) is 35.0 Å². The van der Waals surface area contributed by atoms with Crippen LogP contribution in [0.3, 0.4) is 0 Å². The number of ether oxygens (including phenoxy) is 2. The van der Waals surface area contributed by atoms with E-state index >= 15 is 0 Å². The summed E-state index contributed by atoms with van der Waals surface area (Å²) >= 11 is 2.89. The normalized spacial score (nSPS) is 12.6. The second kappa shape index (κ2) is 11.3. The number of nitrogens with one attached hydrogen (secondary N) is 1. The van der Waals surface area contributed by atoms with Gasteiger partial charge in [-0.05, 0) is 55.5 Å². The second-order valence-electron chi connectivity index (χ2n) is 8.48. The Morgan fingerprint density at radius 3 is 2.78 bits per heavy atom. The van der Waals surface area contributed by atoms with E-state index in [0.29, 0.717) is 41.9 Å². The third-order valence-electron chi connectivity index (χ3n) is 5.98. The molecule has 186 valence electrons. The van der Waals surface area contributed by atoms with Gasteiger partial charge in [0, 0.05) is 25.1 Å². The van der Waals surface area contributed by atoms with Crippen molar-refractivity contribution >= 4 is 44.9 Å². The van der Waals surface area contributed by atoms with Crippen LogP contribution in [0.5, 0.6) is 11.5 Å². The molecule has 1 aliphatic carbocycles. The van der Waals surface area contributed by atoms with E-state index in [2.05, 4.69) is 5.32 Å². The minimum Gasteiger partial charge on any atom is -0.455 e. The molecule has 0 saturated heterocycles. The molecular formula is C27H27N3O4S2. The maximum absolute atomic E-state index is 13.5. The van der Waals surface area contributed by atoms with Crippen LogP contribution in [0.4, 0.5) is 5.69 Å². The number of carbonyl (C=O) groups is 1. The SMILES string of the molecule is COCCCn1c(SCC(=O)Nc2ccccc2Oc2ccccc2)nc2sc3c(c2c1=O)CCC3. The quantitative estimate of drug-likeness (QED) is 0.168. The molecule has 1 amide bonds. The zero-order valence-corrected chi connectivity index (χ0v) is 21.6. The fourth-order valence-corrected chi connectivity index (χ4v) is 6.45. The summed E-state index contributed by atoms with van der Waals surface area (Å²) in [6, 6.07) is 16.8. The molecule has 0 fully saturated rings. The molecule has 2 heterocycles. The molecule has 9 heteroatoms. The smallest absolute Gasteiger partial charge is 0.263 e. The maximum Gasteiger partial charge on any atom is 0.263 e. The number of fused-ring (bicyclic) bond motifs is 3. The fraction of sp³-hybridized carbons (Fsp3) is 0.296. The van der Waals surface area contributed by atoms with E-state index in [4.69, 9.17) is 14.5 Å². The number of amides is 1. The van der Waals surface area contributed by atoms with Gasteiger partial charge in [0.05, 0.1) is 16.8 Å². The molecule has 0 radical (unpaired) electrons. The highest BCUT2D eigenvalue weighted by Gasteiger charge is 2.23. The first kappa shape index (κ1) is 24.5. The number of benzene rings is 2. The van der Waals surface area contributed by atoms with Gasteiger partial charge in [-0.25, -0.2) is 4.98 Å². The Morgan fingerprint density at radius 2 is 1.94 bits per heavy atom. The van der Waals surface area contributed by atoms with E-state index in [1.807, 2.05) is 48.5 Å². The average Bonchev–Trinajstić information content (AvgIpc) is 3.47. The number of nitrogens with zero attached hydrogens (tertiary/aromatic N) is 2. The first-order chi connectivity index (χ1) is 17.6. The average molecular weight is 522 g/mol. The van der Waals surface area contributed by atoms with Gasteiger partial charge in [0.1, 0.15) is 10.6 Å². The molecule has 5 rings (SSSR count). The summed E-state index contributed by atoms with van der Waals surface area (Å²) < 4.78 is 12.8. The van der Waals surface area contributed by atoms with Gasteiger partial charge in [-0.1, -0.05) is 42.1 Å². The lowest BCUT2D eigenvalue weighted by Crippen LogP contribution is -2.25. The largest absolute Gasteiger partial charge is 0.455 e. The maximum atomic E-state index is 13.5. The lowest BCUT2D eigenvalue weighted by atomic mass is 10.2. The molecule has 0 atom stereocenters. The van der Waals surface area contributed by atoms with Crippen LogP contribution in [-0.2, 0) is 28.9 Å². The summed E-state index contributed by atoms with van der Waals surface area (Å²) in [5, 5.41) is 4.26. The summed E-state index contributed by atoms with van der Waals surface area (Å²) in [4.78, 5) is 33.3. The molecule has 4 aromatic rings. The molecule has 2 aromatic heterocycles. The molecule has 0 aliphatic heterocycles. The third kappa shape index (κ3) is 5.33. The van der Waals surface area contributed by atoms with Gasteiger partial charge in [0.2, 0.25) is 5.91 Å². The summed E-state index contributed by atoms with van der Waals surface area (Å²) in [6.07, 6.45) is 3.73. The van der Waals surface area contributed by atoms with Gasteiger partial charge in [-0.15, -0.1) is 11.3 Å². The number of aryl methyl sites for hydroxylation is 2. The summed E-state index contributed by atoms with van der Waals surface area (Å²) in [5.74, 6) is 1.17. The van der Waals surface area contributed by atoms with Crippen molar-refractivity contribution in [1.82, 2.24) is 9.55 Å². The van der Waals surface area contributed by atoms with E-state index in [-0.39, 0.29) is 17.2 Å². The van der Waals surface area contributed by atoms with Crippen LogP contribution >= 0.6 is 23.1 Å². The Hall–Kier alpha value is -3.14. The Morgan fingerprint density at radius 1 is 1.14 bits per heavy atom. The second-order valence-corrected chi connectivity index (χ2v) is 10.5. The Balaban J connectivity index is 1.34. The molecule has 2 aromatic carbocycles. The Kier molecular flexibility index (Phi) is 7.69. The number of methoxy groups -OCH3 is 1. The van der Waals surface area contributed by atoms with Crippen molar-refractivity contribution in [3.63, 3.8) is 0 Å². The van der Waals surface area contributed by atoms with Crippen LogP contribution < -0.4 is 15.6 Å². The van der Waals surface area contributed by atoms with E-state index in [1.165, 1.54) is 16.6 Å². The van der Waals surface area contributed by atoms with Crippen molar-refractivity contribution in [2.45, 2.75) is 37.4 Å². The van der Waals surface area contributed by atoms with Crippen LogP contribution in [-0.4, -0.2) is 34.9 Å². The molecule has 0 unspecified atom stereocenters. The predicted octanol–water partition coefficient (Wildman–Crippen LogP) is 5.51. The van der Waals surface area contributed by atoms with Crippen LogP contribution in [0, 0.1) is 0 Å². The number of hydrogen-bond acceptors (Lipinski definition) is 7. The number of para-hydroxylation sites is 3. The van der Waals surface area contributed by atoms with E-state index < -0.39 is 0 Å². The summed E-state index contributed by atoms with van der Waals surface area (Å²) in [6.45, 7) is 1.05. The van der Waals surface area contributed by atoms with Crippen molar-refractivity contribution in [2.24, 2.45) is 0 Å². The predicted molar refractivity (Wildman–Crippen MR) is 145 cm³/mol. The fourth-order valence-electron chi connectivity index (χ4n) is 4.32. The van der Waals surface area contributed by atoms with Gasteiger partial charge in [0.25, 0.3) is 5.56 Å². The van der Waals surface area contributed by atoms with E-state index in [9.17, 15) is 9.59 Å². The number of aromatic nitrogens is 2. The molecular weight excluding hydrogens is 494 g/mol. The number of carbonyl (C=O) groups excluding carboxylic acids is 1. The standard InChI is InChI=1S/C27H27N3O4S2/c1-33-16-8-15-30-26(32)24-19-11-7-14-22(19)36-25(24)29-27(30)35-17-23(31)28-20-12-5-6-13-21(20)34-18-9-3-2-4-10-18/h2-6,9-10,12-13H,7-8,11,14-17H2,1H3,(H,28,31). The zero-order chi connectivity index (χ0) is 24.9. The first-order valence-corrected chi connectivity index (χ1v) is 13.7. The Labute approximate surface area is 217 Å². The highest BCUT2D eigenvalue weighted by atomic mass is 32.2. The Bertz CT molecular complexity index is 1430. The molecule has 0 bridgehead atoms. The molecule has 0 saturated carbocycles. The van der Waals surface area contributed by atoms with Crippen molar-refractivity contribution in [3.8, 4) is 11.5 Å². The highest BCUT2D eigenvalue weighted by molar-refractivity contribution is 7.99. The van der Waals surface area contributed by atoms with Crippen LogP contribution in [0.15, 0.2) is 64.5 Å². The van der Waals surface area contributed by atoms with Crippen molar-refractivity contribution in [2.75, 3.05) is 24.8 Å². The van der Waals surface area contributed by atoms with Gasteiger partial charge < -0.3 is 14.8 Å². The third-order valence-corrected chi connectivity index (χ3v) is 8.15. The number of rotatable bonds is 10. The van der Waals surface area contributed by atoms with E-state index in [1.54, 1.807) is 29.1 Å². The molecule has 1 aliphatic rings. The zero-order valence-electron chi connectivity index (χ0n) is 20.0. The van der Waals surface area contributed by atoms with Crippen molar-refractivity contribution in [1.29, 1.82) is 0 Å². The highest BCUT2D eigenvalue weighted by Crippen LogP contribution is 2.36. The lowest BCUT2D eigenvalue weighted by molar-refractivity contribution is -0.113. The van der Waals surface area contributed by atoms with Crippen LogP contribution in [0.25, 0.3) is 10.2 Å². The number of anilines is 1. The van der Waals surface area contributed by atoms with Crippen molar-refractivity contribution < 1.29 is 14.3 Å². The molecule has 1 N–H and O–H groups in total. The van der Waals surface area contributed by atoms with Crippen LogP contribution in [0.1, 0.15) is 23.3 Å².